The summed E-state index contributed by atoms with van der Waals surface area (Å²) in [6.45, 7) is 7.29. The van der Waals surface area contributed by atoms with Gasteiger partial charge in [-0.3, -0.25) is 0 Å². The van der Waals surface area contributed by atoms with Crippen LogP contribution in [0.4, 0.5) is 11.9 Å². The molecule has 0 aliphatic rings. The molecule has 24 heavy (non-hydrogen) atoms. The number of rotatable bonds is 7. The van der Waals surface area contributed by atoms with Crippen molar-refractivity contribution in [3.05, 3.63) is 35.7 Å². The molecule has 0 saturated heterocycles. The molecule has 0 amide bonds. The van der Waals surface area contributed by atoms with E-state index in [1.165, 1.54) is 5.56 Å². The lowest BCUT2D eigenvalue weighted by Gasteiger charge is -2.19. The summed E-state index contributed by atoms with van der Waals surface area (Å²) in [5.41, 5.74) is 12.6. The highest BCUT2D eigenvalue weighted by atomic mass is 32.2. The van der Waals surface area contributed by atoms with E-state index in [0.717, 1.165) is 17.9 Å². The van der Waals surface area contributed by atoms with Crippen molar-refractivity contribution >= 4 is 23.7 Å². The molecule has 0 saturated carbocycles. The van der Waals surface area contributed by atoms with Gasteiger partial charge in [0.1, 0.15) is 11.6 Å². The van der Waals surface area contributed by atoms with Crippen LogP contribution in [-0.2, 0) is 11.2 Å². The van der Waals surface area contributed by atoms with Crippen LogP contribution in [0.5, 0.6) is 5.75 Å². The number of benzene rings is 1. The quantitative estimate of drug-likeness (QED) is 0.742. The van der Waals surface area contributed by atoms with Crippen LogP contribution in [0.15, 0.2) is 24.3 Å². The molecule has 4 N–H and O–H groups in total. The molecule has 2 aromatic rings. The second kappa shape index (κ2) is 8.19. The van der Waals surface area contributed by atoms with Crippen LogP contribution < -0.4 is 16.2 Å². The molecule has 7 heteroatoms. The summed E-state index contributed by atoms with van der Waals surface area (Å²) in [6, 6.07) is 8.31. The van der Waals surface area contributed by atoms with Crippen molar-refractivity contribution in [1.82, 2.24) is 15.0 Å². The highest BCUT2D eigenvalue weighted by Gasteiger charge is 2.12. The Labute approximate surface area is 147 Å². The number of ether oxygens (including phenoxy) is 1. The highest BCUT2D eigenvalue weighted by molar-refractivity contribution is 7.98. The van der Waals surface area contributed by atoms with Crippen LogP contribution in [0.2, 0.25) is 0 Å². The minimum Gasteiger partial charge on any atom is -0.494 e. The van der Waals surface area contributed by atoms with E-state index in [1.807, 2.05) is 12.1 Å². The van der Waals surface area contributed by atoms with Gasteiger partial charge in [0.2, 0.25) is 11.9 Å². The van der Waals surface area contributed by atoms with Gasteiger partial charge in [-0.25, -0.2) is 0 Å². The van der Waals surface area contributed by atoms with Gasteiger partial charge in [0, 0.05) is 0 Å². The molecule has 0 unspecified atom stereocenters. The molecular formula is C17H25N5OS. The van der Waals surface area contributed by atoms with Gasteiger partial charge in [-0.1, -0.05) is 32.9 Å². The standard InChI is InChI=1S/C17H25N5OS/c1-17(2,3)12-5-7-13(8-6-12)23-9-4-10-24-11-14-20-15(18)22-16(19)21-14/h5-8H,4,9-11H2,1-3H3,(H4,18,19,20,21,22). The summed E-state index contributed by atoms with van der Waals surface area (Å²) in [4.78, 5) is 11.9. The van der Waals surface area contributed by atoms with Crippen LogP contribution in [-0.4, -0.2) is 27.3 Å². The normalized spacial score (nSPS) is 11.5. The van der Waals surface area contributed by atoms with Gasteiger partial charge < -0.3 is 16.2 Å². The molecule has 0 fully saturated rings. The number of nitrogens with two attached hydrogens (primary N) is 2. The van der Waals surface area contributed by atoms with Crippen molar-refractivity contribution in [1.29, 1.82) is 0 Å². The molecular weight excluding hydrogens is 322 g/mol. The van der Waals surface area contributed by atoms with Crippen molar-refractivity contribution in [2.75, 3.05) is 23.8 Å². The van der Waals surface area contributed by atoms with Crippen LogP contribution in [0.25, 0.3) is 0 Å². The summed E-state index contributed by atoms with van der Waals surface area (Å²) in [6.07, 6.45) is 0.946. The van der Waals surface area contributed by atoms with Crippen molar-refractivity contribution in [3.63, 3.8) is 0 Å². The third kappa shape index (κ3) is 5.88. The molecule has 130 valence electrons. The van der Waals surface area contributed by atoms with Gasteiger partial charge in [-0.2, -0.15) is 26.7 Å². The van der Waals surface area contributed by atoms with E-state index in [0.29, 0.717) is 18.2 Å². The Morgan fingerprint density at radius 1 is 1.00 bits per heavy atom. The fourth-order valence-electron chi connectivity index (χ4n) is 2.09. The largest absolute Gasteiger partial charge is 0.494 e. The van der Waals surface area contributed by atoms with E-state index >= 15 is 0 Å². The third-order valence-electron chi connectivity index (χ3n) is 3.37. The molecule has 0 radical (unpaired) electrons. The first kappa shape index (κ1) is 18.3. The Bertz CT molecular complexity index is 635. The van der Waals surface area contributed by atoms with Gasteiger partial charge in [0.05, 0.1) is 12.4 Å². The first-order chi connectivity index (χ1) is 11.3. The Kier molecular flexibility index (Phi) is 6.25. The average Bonchev–Trinajstić information content (AvgIpc) is 2.49. The van der Waals surface area contributed by atoms with Crippen molar-refractivity contribution in [2.24, 2.45) is 0 Å². The summed E-state index contributed by atoms with van der Waals surface area (Å²) < 4.78 is 5.77. The second-order valence-electron chi connectivity index (χ2n) is 6.50. The first-order valence-corrected chi connectivity index (χ1v) is 9.07. The predicted molar refractivity (Wildman–Crippen MR) is 100 cm³/mol. The minimum atomic E-state index is 0.164. The molecule has 1 aromatic carbocycles. The van der Waals surface area contributed by atoms with Gasteiger partial charge in [0.15, 0.2) is 0 Å². The zero-order chi connectivity index (χ0) is 17.6. The van der Waals surface area contributed by atoms with Crippen LogP contribution in [0, 0.1) is 0 Å². The predicted octanol–water partition coefficient (Wildman–Crippen LogP) is 3.04. The minimum absolute atomic E-state index is 0.164. The second-order valence-corrected chi connectivity index (χ2v) is 7.60. The topological polar surface area (TPSA) is 99.9 Å². The van der Waals surface area contributed by atoms with E-state index < -0.39 is 0 Å². The third-order valence-corrected chi connectivity index (χ3v) is 4.41. The van der Waals surface area contributed by atoms with Crippen molar-refractivity contribution in [2.45, 2.75) is 38.4 Å². The van der Waals surface area contributed by atoms with E-state index in [1.54, 1.807) is 11.8 Å². The van der Waals surface area contributed by atoms with E-state index in [2.05, 4.69) is 47.9 Å². The summed E-state index contributed by atoms with van der Waals surface area (Å²) in [5, 5.41) is 0. The lowest BCUT2D eigenvalue weighted by atomic mass is 9.87. The molecule has 1 aromatic heterocycles. The number of aromatic nitrogens is 3. The Morgan fingerprint density at radius 3 is 2.21 bits per heavy atom. The highest BCUT2D eigenvalue weighted by Crippen LogP contribution is 2.24. The van der Waals surface area contributed by atoms with E-state index in [9.17, 15) is 0 Å². The molecule has 0 spiro atoms. The van der Waals surface area contributed by atoms with Gasteiger partial charge in [-0.15, -0.1) is 0 Å². The molecule has 0 bridgehead atoms. The van der Waals surface area contributed by atoms with Crippen molar-refractivity contribution in [3.8, 4) is 5.75 Å². The Hall–Kier alpha value is -2.02. The number of anilines is 2. The lowest BCUT2D eigenvalue weighted by Crippen LogP contribution is -2.10. The summed E-state index contributed by atoms with van der Waals surface area (Å²) >= 11 is 1.72. The smallest absolute Gasteiger partial charge is 0.225 e. The number of hydrogen-bond donors (Lipinski definition) is 2. The summed E-state index contributed by atoms with van der Waals surface area (Å²) in [5.74, 6) is 3.47. The van der Waals surface area contributed by atoms with Gasteiger partial charge >= 0.3 is 0 Å². The van der Waals surface area contributed by atoms with Crippen LogP contribution in [0.3, 0.4) is 0 Å². The average molecular weight is 347 g/mol. The number of thioether (sulfide) groups is 1. The zero-order valence-electron chi connectivity index (χ0n) is 14.5. The number of nitrogens with zero attached hydrogens (tertiary/aromatic N) is 3. The zero-order valence-corrected chi connectivity index (χ0v) is 15.3. The van der Waals surface area contributed by atoms with E-state index in [-0.39, 0.29) is 17.3 Å². The Balaban J connectivity index is 1.66. The fourth-order valence-corrected chi connectivity index (χ4v) is 2.86. The molecule has 6 nitrogen and oxygen atoms in total. The first-order valence-electron chi connectivity index (χ1n) is 7.91. The van der Waals surface area contributed by atoms with Crippen LogP contribution in [0.1, 0.15) is 38.6 Å². The molecule has 0 aliphatic heterocycles. The fraction of sp³-hybridized carbons (Fsp3) is 0.471. The molecule has 2 rings (SSSR count). The number of hydrogen-bond acceptors (Lipinski definition) is 7. The van der Waals surface area contributed by atoms with Gasteiger partial charge in [0.25, 0.3) is 0 Å². The van der Waals surface area contributed by atoms with Crippen LogP contribution >= 0.6 is 11.8 Å². The number of nitrogen functional groups attached to an aromatic ring is 2. The molecule has 0 atom stereocenters. The lowest BCUT2D eigenvalue weighted by molar-refractivity contribution is 0.318. The Morgan fingerprint density at radius 2 is 1.62 bits per heavy atom. The molecule has 0 aliphatic carbocycles. The van der Waals surface area contributed by atoms with E-state index in [4.69, 9.17) is 16.2 Å². The SMILES string of the molecule is CC(C)(C)c1ccc(OCCCSCc2nc(N)nc(N)n2)cc1. The monoisotopic (exact) mass is 347 g/mol. The van der Waals surface area contributed by atoms with Crippen molar-refractivity contribution < 1.29 is 4.74 Å². The maximum atomic E-state index is 5.77. The maximum Gasteiger partial charge on any atom is 0.225 e. The van der Waals surface area contributed by atoms with Gasteiger partial charge in [-0.05, 0) is 35.3 Å². The molecule has 1 heterocycles. The maximum absolute atomic E-state index is 5.77. The summed E-state index contributed by atoms with van der Waals surface area (Å²) in [7, 11) is 0.